The summed E-state index contributed by atoms with van der Waals surface area (Å²) >= 11 is 0. The van der Waals surface area contributed by atoms with E-state index in [-0.39, 0.29) is 0 Å². The van der Waals surface area contributed by atoms with Crippen LogP contribution in [0.3, 0.4) is 0 Å². The molecule has 0 unspecified atom stereocenters. The molecule has 142 valence electrons. The first-order valence-electron chi connectivity index (χ1n) is 9.09. The van der Waals surface area contributed by atoms with Gasteiger partial charge < -0.3 is 10.3 Å². The molecule has 0 radical (unpaired) electrons. The fourth-order valence-electron chi connectivity index (χ4n) is 4.09. The van der Waals surface area contributed by atoms with E-state index in [1.165, 1.54) is 12.1 Å². The normalized spacial score (nSPS) is 14.6. The van der Waals surface area contributed by atoms with Crippen LogP contribution in [0.25, 0.3) is 27.7 Å². The zero-order chi connectivity index (χ0) is 19.8. The Morgan fingerprint density at radius 2 is 1.82 bits per heavy atom. The molecule has 2 aromatic carbocycles. The molecule has 0 fully saturated rings. The summed E-state index contributed by atoms with van der Waals surface area (Å²) in [6.07, 6.45) is 1.73. The second-order valence-corrected chi connectivity index (χ2v) is 7.83. The van der Waals surface area contributed by atoms with Gasteiger partial charge in [-0.15, -0.1) is 10.2 Å². The van der Waals surface area contributed by atoms with E-state index in [2.05, 4.69) is 20.5 Å². The Labute approximate surface area is 160 Å². The molecule has 4 aromatic rings. The van der Waals surface area contributed by atoms with Gasteiger partial charge >= 0.3 is 0 Å². The molecule has 1 aliphatic rings. The molecule has 0 spiro atoms. The number of nitrogens with zero attached hydrogens (tertiary/aromatic N) is 3. The number of benzene rings is 2. The molecule has 0 aliphatic carbocycles. The molecule has 0 amide bonds. The Hall–Kier alpha value is -3.22. The van der Waals surface area contributed by atoms with Gasteiger partial charge in [-0.3, -0.25) is 4.57 Å². The van der Waals surface area contributed by atoms with Gasteiger partial charge in [0, 0.05) is 22.7 Å². The SMILES string of the molecule is Cc1cc(-c2cc(F)cc3cc[nH]c23)c(F)c2c1NC(C)(C)c1nnc(C)n1-2. The van der Waals surface area contributed by atoms with Gasteiger partial charge in [-0.25, -0.2) is 8.78 Å². The maximum atomic E-state index is 15.9. The van der Waals surface area contributed by atoms with E-state index in [0.29, 0.717) is 45.1 Å². The highest BCUT2D eigenvalue weighted by atomic mass is 19.1. The van der Waals surface area contributed by atoms with Gasteiger partial charge in [0.2, 0.25) is 0 Å². The second-order valence-electron chi connectivity index (χ2n) is 7.83. The zero-order valence-corrected chi connectivity index (χ0v) is 16.0. The van der Waals surface area contributed by atoms with E-state index in [9.17, 15) is 4.39 Å². The third-order valence-electron chi connectivity index (χ3n) is 5.40. The first-order valence-corrected chi connectivity index (χ1v) is 9.09. The molecule has 2 N–H and O–H groups in total. The molecule has 28 heavy (non-hydrogen) atoms. The largest absolute Gasteiger partial charge is 0.371 e. The van der Waals surface area contributed by atoms with Crippen LogP contribution in [0, 0.1) is 25.5 Å². The quantitative estimate of drug-likeness (QED) is 0.491. The molecule has 0 bridgehead atoms. The van der Waals surface area contributed by atoms with Crippen molar-refractivity contribution in [3.63, 3.8) is 0 Å². The van der Waals surface area contributed by atoms with Gasteiger partial charge in [0.05, 0.1) is 16.7 Å². The van der Waals surface area contributed by atoms with Crippen LogP contribution >= 0.6 is 0 Å². The monoisotopic (exact) mass is 379 g/mol. The number of aryl methyl sites for hydroxylation is 2. The number of anilines is 1. The number of halogens is 2. The number of H-pyrrole nitrogens is 1. The van der Waals surface area contributed by atoms with Crippen LogP contribution in [0.5, 0.6) is 0 Å². The van der Waals surface area contributed by atoms with E-state index in [1.807, 2.05) is 20.8 Å². The third kappa shape index (κ3) is 2.16. The summed E-state index contributed by atoms with van der Waals surface area (Å²) in [4.78, 5) is 3.10. The minimum absolute atomic E-state index is 0.337. The maximum Gasteiger partial charge on any atom is 0.162 e. The fourth-order valence-corrected chi connectivity index (χ4v) is 4.09. The van der Waals surface area contributed by atoms with Gasteiger partial charge in [-0.2, -0.15) is 0 Å². The first-order chi connectivity index (χ1) is 13.3. The minimum Gasteiger partial charge on any atom is -0.371 e. The van der Waals surface area contributed by atoms with Crippen molar-refractivity contribution in [2.45, 2.75) is 33.2 Å². The number of nitrogens with one attached hydrogen (secondary N) is 2. The van der Waals surface area contributed by atoms with Crippen LogP contribution in [0.2, 0.25) is 0 Å². The van der Waals surface area contributed by atoms with Crippen molar-refractivity contribution in [3.8, 4) is 16.8 Å². The predicted molar refractivity (Wildman–Crippen MR) is 105 cm³/mol. The average Bonchev–Trinajstić information content (AvgIpc) is 3.24. The lowest BCUT2D eigenvalue weighted by Crippen LogP contribution is -2.36. The van der Waals surface area contributed by atoms with Crippen molar-refractivity contribution in [3.05, 3.63) is 59.3 Å². The fraction of sp³-hybridized carbons (Fsp3) is 0.238. The van der Waals surface area contributed by atoms with E-state index in [1.54, 1.807) is 29.8 Å². The number of rotatable bonds is 1. The molecule has 5 rings (SSSR count). The van der Waals surface area contributed by atoms with Crippen LogP contribution in [0.4, 0.5) is 14.5 Å². The molecule has 0 atom stereocenters. The van der Waals surface area contributed by atoms with Crippen molar-refractivity contribution in [2.24, 2.45) is 0 Å². The maximum absolute atomic E-state index is 15.9. The summed E-state index contributed by atoms with van der Waals surface area (Å²) in [6, 6.07) is 6.34. The Kier molecular flexibility index (Phi) is 3.27. The number of fused-ring (bicyclic) bond motifs is 4. The van der Waals surface area contributed by atoms with Crippen molar-refractivity contribution < 1.29 is 8.78 Å². The zero-order valence-electron chi connectivity index (χ0n) is 16.0. The molecule has 7 heteroatoms. The Morgan fingerprint density at radius 3 is 2.61 bits per heavy atom. The molecule has 1 aliphatic heterocycles. The highest BCUT2D eigenvalue weighted by Crippen LogP contribution is 2.43. The summed E-state index contributed by atoms with van der Waals surface area (Å²) < 4.78 is 31.9. The molecule has 2 aromatic heterocycles. The molecule has 3 heterocycles. The summed E-state index contributed by atoms with van der Waals surface area (Å²) in [5, 5.41) is 12.5. The Bertz CT molecular complexity index is 1270. The van der Waals surface area contributed by atoms with Crippen LogP contribution < -0.4 is 5.32 Å². The smallest absolute Gasteiger partial charge is 0.162 e. The molecular formula is C21H19F2N5. The van der Waals surface area contributed by atoms with Crippen LogP contribution in [-0.2, 0) is 5.54 Å². The lowest BCUT2D eigenvalue weighted by atomic mass is 9.93. The van der Waals surface area contributed by atoms with Crippen molar-refractivity contribution in [2.75, 3.05) is 5.32 Å². The number of hydrogen-bond acceptors (Lipinski definition) is 3. The van der Waals surface area contributed by atoms with Crippen molar-refractivity contribution in [1.29, 1.82) is 0 Å². The van der Waals surface area contributed by atoms with Crippen LogP contribution in [0.1, 0.15) is 31.1 Å². The number of aromatic nitrogens is 4. The van der Waals surface area contributed by atoms with E-state index < -0.39 is 17.2 Å². The van der Waals surface area contributed by atoms with E-state index in [0.717, 1.165) is 5.56 Å². The standard InChI is InChI=1S/C21H19F2N5/c1-10-7-14(15-9-13(22)8-12-5-6-24-18(12)15)16(23)19-17(10)25-21(3,4)20-27-26-11(2)28(19)20/h5-9,24-25H,1-4H3. The lowest BCUT2D eigenvalue weighted by Gasteiger charge is -2.35. The number of hydrogen-bond donors (Lipinski definition) is 2. The van der Waals surface area contributed by atoms with Crippen molar-refractivity contribution >= 4 is 16.6 Å². The molecule has 0 saturated heterocycles. The van der Waals surface area contributed by atoms with Crippen LogP contribution in [-0.4, -0.2) is 19.7 Å². The highest BCUT2D eigenvalue weighted by Gasteiger charge is 2.37. The third-order valence-corrected chi connectivity index (χ3v) is 5.40. The second kappa shape index (κ2) is 5.41. The van der Waals surface area contributed by atoms with Gasteiger partial charge in [-0.1, -0.05) is 0 Å². The molecule has 0 saturated carbocycles. The molecule has 5 nitrogen and oxygen atoms in total. The summed E-state index contributed by atoms with van der Waals surface area (Å²) in [7, 11) is 0. The average molecular weight is 379 g/mol. The van der Waals surface area contributed by atoms with E-state index in [4.69, 9.17) is 0 Å². The minimum atomic E-state index is -0.501. The van der Waals surface area contributed by atoms with Gasteiger partial charge in [0.15, 0.2) is 11.6 Å². The Balaban J connectivity index is 1.87. The summed E-state index contributed by atoms with van der Waals surface area (Å²) in [6.45, 7) is 7.68. The van der Waals surface area contributed by atoms with Gasteiger partial charge in [-0.05, 0) is 57.5 Å². The highest BCUT2D eigenvalue weighted by molar-refractivity contribution is 5.95. The predicted octanol–water partition coefficient (Wildman–Crippen LogP) is 4.97. The van der Waals surface area contributed by atoms with E-state index >= 15 is 4.39 Å². The van der Waals surface area contributed by atoms with Crippen molar-refractivity contribution in [1.82, 2.24) is 19.7 Å². The topological polar surface area (TPSA) is 58.5 Å². The first kappa shape index (κ1) is 16.9. The Morgan fingerprint density at radius 1 is 1.04 bits per heavy atom. The summed E-state index contributed by atoms with van der Waals surface area (Å²) in [5.41, 5.74) is 2.95. The summed E-state index contributed by atoms with van der Waals surface area (Å²) in [5.74, 6) is 0.397. The van der Waals surface area contributed by atoms with Gasteiger partial charge in [0.1, 0.15) is 17.3 Å². The van der Waals surface area contributed by atoms with Gasteiger partial charge in [0.25, 0.3) is 0 Å². The number of aromatic amines is 1. The van der Waals surface area contributed by atoms with Crippen LogP contribution in [0.15, 0.2) is 30.5 Å². The molecular weight excluding hydrogens is 360 g/mol. The lowest BCUT2D eigenvalue weighted by molar-refractivity contribution is 0.522.